The summed E-state index contributed by atoms with van der Waals surface area (Å²) in [6.45, 7) is 41.9. The summed E-state index contributed by atoms with van der Waals surface area (Å²) in [6, 6.07) is 2.05. The van der Waals surface area contributed by atoms with E-state index in [4.69, 9.17) is 4.74 Å². The fraction of sp³-hybridized carbons (Fsp3) is 0.682. The Labute approximate surface area is 350 Å². The Balaban J connectivity index is 0.000000363. The molecular weight excluding hydrogens is 727 g/mol. The molecule has 0 saturated heterocycles. The molecule has 0 atom stereocenters. The van der Waals surface area contributed by atoms with Gasteiger partial charge in [-0.25, -0.2) is 15.0 Å². The molecule has 0 aliphatic rings. The van der Waals surface area contributed by atoms with Gasteiger partial charge in [-0.05, 0) is 66.8 Å². The monoisotopic (exact) mass is 804 g/mol. The van der Waals surface area contributed by atoms with Crippen molar-refractivity contribution in [2.75, 3.05) is 7.11 Å². The lowest BCUT2D eigenvalue weighted by atomic mass is 9.90. The normalized spacial score (nSPS) is 11.8. The van der Waals surface area contributed by atoms with Crippen LogP contribution in [0.5, 0.6) is 0 Å². The highest BCUT2D eigenvalue weighted by molar-refractivity contribution is 5.07. The van der Waals surface area contributed by atoms with Crippen LogP contribution in [-0.4, -0.2) is 71.8 Å². The highest BCUT2D eigenvalue weighted by atomic mass is 16.5. The van der Waals surface area contributed by atoms with Crippen molar-refractivity contribution in [1.82, 2.24) is 64.7 Å². The quantitative estimate of drug-likeness (QED) is 0.155. The van der Waals surface area contributed by atoms with Gasteiger partial charge in [-0.15, -0.1) is 5.10 Å². The van der Waals surface area contributed by atoms with E-state index >= 15 is 0 Å². The molecule has 0 spiro atoms. The van der Waals surface area contributed by atoms with Crippen molar-refractivity contribution in [3.63, 3.8) is 0 Å². The minimum Gasteiger partial charge on any atom is -0.378 e. The largest absolute Gasteiger partial charge is 0.378 e. The van der Waals surface area contributed by atoms with Gasteiger partial charge < -0.3 is 4.74 Å². The molecule has 14 heteroatoms. The first-order chi connectivity index (χ1) is 26.5. The molecule has 0 fully saturated rings. The molecule has 58 heavy (non-hydrogen) atoms. The topological polar surface area (TPSA) is 153 Å². The van der Waals surface area contributed by atoms with E-state index in [1.165, 1.54) is 0 Å². The van der Waals surface area contributed by atoms with Gasteiger partial charge in [0, 0.05) is 44.0 Å². The van der Waals surface area contributed by atoms with E-state index in [1.807, 2.05) is 54.8 Å². The van der Waals surface area contributed by atoms with E-state index in [9.17, 15) is 0 Å². The molecule has 0 aliphatic heterocycles. The Bertz CT molecular complexity index is 1810. The van der Waals surface area contributed by atoms with Crippen LogP contribution in [0.4, 0.5) is 0 Å². The van der Waals surface area contributed by atoms with Crippen LogP contribution in [0.2, 0.25) is 0 Å². The maximum absolute atomic E-state index is 4.96. The van der Waals surface area contributed by atoms with Gasteiger partial charge in [-0.3, -0.25) is 19.3 Å². The Hall–Kier alpha value is -4.46. The first kappa shape index (κ1) is 51.6. The van der Waals surface area contributed by atoms with Gasteiger partial charge in [0.2, 0.25) is 0 Å². The number of rotatable bonds is 7. The molecule has 0 unspecified atom stereocenters. The van der Waals surface area contributed by atoms with Gasteiger partial charge in [0.05, 0.1) is 42.6 Å². The average molecular weight is 804 g/mol. The average Bonchev–Trinajstić information content (AvgIpc) is 3.79. The fourth-order valence-electron chi connectivity index (χ4n) is 5.00. The van der Waals surface area contributed by atoms with Crippen LogP contribution in [0.3, 0.4) is 0 Å². The smallest absolute Gasteiger partial charge is 0.137 e. The van der Waals surface area contributed by atoms with Crippen LogP contribution in [0.1, 0.15) is 138 Å². The third kappa shape index (κ3) is 28.0. The molecule has 0 bridgehead atoms. The van der Waals surface area contributed by atoms with Crippen molar-refractivity contribution in [1.29, 1.82) is 0 Å². The molecule has 0 amide bonds. The van der Waals surface area contributed by atoms with Gasteiger partial charge in [0.25, 0.3) is 0 Å². The van der Waals surface area contributed by atoms with Crippen molar-refractivity contribution < 1.29 is 4.74 Å². The van der Waals surface area contributed by atoms with Crippen LogP contribution >= 0.6 is 0 Å². The molecule has 5 aromatic rings. The van der Waals surface area contributed by atoms with E-state index in [1.54, 1.807) is 37.1 Å². The third-order valence-electron chi connectivity index (χ3n) is 7.00. The second kappa shape index (κ2) is 23.2. The lowest BCUT2D eigenvalue weighted by molar-refractivity contribution is 0.181. The standard InChI is InChI=1S/2C10H16N2.C9H17N3O.C8H15N3.C7H13N3/c1-8-6-12-9(7-11-8)5-10(2,3)4;1-8-5-9(12-7-11-8)6-10(2,3)4;1-9(2,3)7-12-5-8(6-13-4)10-11-12;1-7-5-9-11(10-7)6-8(2,3)4;1-7(2,3)4-10-6-8-5-9-10/h6-7H,5H2,1-4H3;5,7H,6H2,1-4H3;5H,6-7H2,1-4H3;5H,6H2,1-4H3;5-6H,4H2,1-3H3. The third-order valence-corrected chi connectivity index (χ3v) is 7.00. The molecule has 0 aliphatic carbocycles. The van der Waals surface area contributed by atoms with E-state index < -0.39 is 0 Å². The zero-order chi connectivity index (χ0) is 44.4. The predicted octanol–water partition coefficient (Wildman–Crippen LogP) is 9.17. The van der Waals surface area contributed by atoms with Crippen LogP contribution < -0.4 is 0 Å². The number of ether oxygens (including phenoxy) is 1. The summed E-state index contributed by atoms with van der Waals surface area (Å²) in [6.07, 6.45) is 14.3. The lowest BCUT2D eigenvalue weighted by Crippen LogP contribution is -2.17. The molecule has 5 rings (SSSR count). The minimum atomic E-state index is 0.234. The van der Waals surface area contributed by atoms with Gasteiger partial charge >= 0.3 is 0 Å². The molecule has 324 valence electrons. The SMILES string of the molecule is CC(C)(C)Cn1cncn1.COCc1cn(CC(C)(C)C)nn1.Cc1cc(CC(C)(C)C)ncn1.Cc1cnc(CC(C)(C)C)cn1.Cc1cnn(CC(C)(C)C)n1. The lowest BCUT2D eigenvalue weighted by Gasteiger charge is -2.16. The van der Waals surface area contributed by atoms with Crippen LogP contribution in [0.15, 0.2) is 49.8 Å². The number of hydrogen-bond donors (Lipinski definition) is 0. The Morgan fingerprint density at radius 3 is 1.57 bits per heavy atom. The number of methoxy groups -OCH3 is 1. The van der Waals surface area contributed by atoms with E-state index in [0.29, 0.717) is 17.4 Å². The van der Waals surface area contributed by atoms with Crippen molar-refractivity contribution in [3.05, 3.63) is 84.0 Å². The Morgan fingerprint density at radius 1 is 0.534 bits per heavy atom. The molecule has 0 radical (unpaired) electrons. The summed E-state index contributed by atoms with van der Waals surface area (Å²) in [5.41, 5.74) is 7.48. The molecule has 5 aromatic heterocycles. The summed E-state index contributed by atoms with van der Waals surface area (Å²) >= 11 is 0. The van der Waals surface area contributed by atoms with E-state index in [2.05, 4.69) is 154 Å². The molecule has 0 saturated carbocycles. The van der Waals surface area contributed by atoms with Gasteiger partial charge in [-0.2, -0.15) is 20.1 Å². The van der Waals surface area contributed by atoms with Crippen LogP contribution in [0, 0.1) is 47.8 Å². The zero-order valence-electron chi connectivity index (χ0n) is 39.6. The fourth-order valence-corrected chi connectivity index (χ4v) is 5.00. The molecule has 0 N–H and O–H groups in total. The molecule has 14 nitrogen and oxygen atoms in total. The summed E-state index contributed by atoms with van der Waals surface area (Å²) < 4.78 is 8.66. The predicted molar refractivity (Wildman–Crippen MR) is 234 cm³/mol. The highest BCUT2D eigenvalue weighted by Crippen LogP contribution is 2.20. The first-order valence-electron chi connectivity index (χ1n) is 20.1. The summed E-state index contributed by atoms with van der Waals surface area (Å²) in [5.74, 6) is 0. The number of hydrogen-bond acceptors (Lipinski definition) is 11. The number of aromatic nitrogens is 13. The molecular formula is C44H77N13O. The second-order valence-electron chi connectivity index (χ2n) is 20.9. The maximum Gasteiger partial charge on any atom is 0.137 e. The van der Waals surface area contributed by atoms with Crippen molar-refractivity contribution in [2.24, 2.45) is 27.1 Å². The van der Waals surface area contributed by atoms with Crippen LogP contribution in [0.25, 0.3) is 0 Å². The van der Waals surface area contributed by atoms with Crippen molar-refractivity contribution in [3.8, 4) is 0 Å². The van der Waals surface area contributed by atoms with Crippen LogP contribution in [-0.2, 0) is 43.8 Å². The van der Waals surface area contributed by atoms with Crippen molar-refractivity contribution in [2.45, 2.75) is 164 Å². The maximum atomic E-state index is 4.96. The zero-order valence-corrected chi connectivity index (χ0v) is 39.6. The van der Waals surface area contributed by atoms with Gasteiger partial charge in [0.15, 0.2) is 0 Å². The minimum absolute atomic E-state index is 0.234. The van der Waals surface area contributed by atoms with Gasteiger partial charge in [-0.1, -0.05) is 109 Å². The summed E-state index contributed by atoms with van der Waals surface area (Å²) in [7, 11) is 1.66. The molecule has 5 heterocycles. The van der Waals surface area contributed by atoms with E-state index in [0.717, 1.165) is 66.6 Å². The highest BCUT2D eigenvalue weighted by Gasteiger charge is 2.15. The summed E-state index contributed by atoms with van der Waals surface area (Å²) in [4.78, 5) is 22.4. The Kier molecular flexibility index (Phi) is 20.6. The number of nitrogens with zero attached hydrogens (tertiary/aromatic N) is 13. The second-order valence-corrected chi connectivity index (χ2v) is 20.9. The summed E-state index contributed by atoms with van der Waals surface area (Å²) in [5, 5.41) is 20.3. The molecule has 0 aromatic carbocycles. The van der Waals surface area contributed by atoms with Crippen molar-refractivity contribution >= 4 is 0 Å². The Morgan fingerprint density at radius 2 is 1.12 bits per heavy atom. The first-order valence-corrected chi connectivity index (χ1v) is 20.1. The number of aryl methyl sites for hydroxylation is 3. The van der Waals surface area contributed by atoms with Gasteiger partial charge in [0.1, 0.15) is 24.7 Å². The van der Waals surface area contributed by atoms with E-state index in [-0.39, 0.29) is 16.2 Å².